The van der Waals surface area contributed by atoms with Crippen LogP contribution in [0.25, 0.3) is 0 Å². The van der Waals surface area contributed by atoms with Crippen LogP contribution in [-0.4, -0.2) is 35.2 Å². The molecule has 0 aromatic heterocycles. The van der Waals surface area contributed by atoms with Crippen molar-refractivity contribution in [3.8, 4) is 0 Å². The molecule has 0 radical (unpaired) electrons. The second-order valence-electron chi connectivity index (χ2n) is 4.12. The molecular formula is C12H12BrN5O3S. The van der Waals surface area contributed by atoms with E-state index >= 15 is 0 Å². The van der Waals surface area contributed by atoms with E-state index < -0.39 is 17.3 Å². The fourth-order valence-electron chi connectivity index (χ4n) is 1.44. The lowest BCUT2D eigenvalue weighted by molar-refractivity contribution is -0.121. The number of carbonyl (C=O) groups is 3. The van der Waals surface area contributed by atoms with Crippen molar-refractivity contribution in [3.05, 3.63) is 34.3 Å². The van der Waals surface area contributed by atoms with Gasteiger partial charge in [-0.15, -0.1) is 11.8 Å². The highest BCUT2D eigenvalue weighted by atomic mass is 79.9. The van der Waals surface area contributed by atoms with E-state index in [0.717, 1.165) is 21.8 Å². The van der Waals surface area contributed by atoms with Gasteiger partial charge in [0.25, 0.3) is 5.91 Å². The molecule has 4 amide bonds. The maximum atomic E-state index is 11.6. The summed E-state index contributed by atoms with van der Waals surface area (Å²) in [6.45, 7) is 0. The van der Waals surface area contributed by atoms with Crippen LogP contribution >= 0.6 is 27.7 Å². The van der Waals surface area contributed by atoms with Gasteiger partial charge in [0.1, 0.15) is 0 Å². The zero-order valence-corrected chi connectivity index (χ0v) is 13.5. The van der Waals surface area contributed by atoms with Gasteiger partial charge in [-0.3, -0.25) is 20.3 Å². The van der Waals surface area contributed by atoms with E-state index in [1.165, 1.54) is 6.21 Å². The lowest BCUT2D eigenvalue weighted by Gasteiger charge is -2.22. The molecule has 2 rings (SSSR count). The summed E-state index contributed by atoms with van der Waals surface area (Å²) < 4.78 is 0.954. The first-order chi connectivity index (χ1) is 10.5. The topological polar surface area (TPSA) is 112 Å². The lowest BCUT2D eigenvalue weighted by atomic mass is 10.2. The standard InChI is InChI=1S/C12H12BrN5O3S/c13-8-3-1-7(2-4-8)5-14-16-9(19)6-22-11-10(20)15-12(21)18-17-11/h1-5,11,17H,6H2,(H,16,19)(H2,15,18,20,21)/b14-5+. The van der Waals surface area contributed by atoms with E-state index in [1.807, 2.05) is 24.3 Å². The zero-order chi connectivity index (χ0) is 15.9. The van der Waals surface area contributed by atoms with Gasteiger partial charge >= 0.3 is 6.03 Å². The molecule has 1 aliphatic heterocycles. The summed E-state index contributed by atoms with van der Waals surface area (Å²) in [7, 11) is 0. The van der Waals surface area contributed by atoms with Crippen LogP contribution in [0.1, 0.15) is 5.56 Å². The SMILES string of the molecule is O=C(CSC1NNC(=O)NC1=O)N/N=C/c1ccc(Br)cc1. The quantitative estimate of drug-likeness (QED) is 0.430. The van der Waals surface area contributed by atoms with Crippen LogP contribution in [0.3, 0.4) is 0 Å². The molecule has 116 valence electrons. The number of halogens is 1. The average Bonchev–Trinajstić information content (AvgIpc) is 2.48. The van der Waals surface area contributed by atoms with Crippen molar-refractivity contribution in [1.29, 1.82) is 0 Å². The van der Waals surface area contributed by atoms with Crippen molar-refractivity contribution in [2.24, 2.45) is 5.10 Å². The van der Waals surface area contributed by atoms with Crippen molar-refractivity contribution >= 4 is 51.8 Å². The Labute approximate surface area is 138 Å². The van der Waals surface area contributed by atoms with E-state index in [1.54, 1.807) is 0 Å². The summed E-state index contributed by atoms with van der Waals surface area (Å²) in [5.74, 6) is -0.844. The first-order valence-electron chi connectivity index (χ1n) is 6.10. The number of hydrazone groups is 1. The Morgan fingerprint density at radius 2 is 2.09 bits per heavy atom. The molecule has 1 aromatic carbocycles. The van der Waals surface area contributed by atoms with Gasteiger partial charge in [-0.1, -0.05) is 28.1 Å². The first-order valence-corrected chi connectivity index (χ1v) is 7.94. The molecule has 0 spiro atoms. The monoisotopic (exact) mass is 385 g/mol. The van der Waals surface area contributed by atoms with Crippen LogP contribution in [0.15, 0.2) is 33.8 Å². The molecule has 1 unspecified atom stereocenters. The van der Waals surface area contributed by atoms with E-state index in [2.05, 4.69) is 42.6 Å². The number of benzene rings is 1. The van der Waals surface area contributed by atoms with Gasteiger partial charge in [0, 0.05) is 4.47 Å². The molecule has 0 saturated carbocycles. The molecule has 1 fully saturated rings. The molecule has 0 bridgehead atoms. The number of hydrazine groups is 1. The second-order valence-corrected chi connectivity index (χ2v) is 6.13. The number of nitrogens with zero attached hydrogens (tertiary/aromatic N) is 1. The number of nitrogens with one attached hydrogen (secondary N) is 4. The van der Waals surface area contributed by atoms with Crippen molar-refractivity contribution in [3.63, 3.8) is 0 Å². The maximum absolute atomic E-state index is 11.6. The van der Waals surface area contributed by atoms with Gasteiger partial charge < -0.3 is 0 Å². The van der Waals surface area contributed by atoms with Crippen molar-refractivity contribution in [2.75, 3.05) is 5.75 Å². The summed E-state index contributed by atoms with van der Waals surface area (Å²) >= 11 is 4.36. The third-order valence-electron chi connectivity index (χ3n) is 2.45. The van der Waals surface area contributed by atoms with Gasteiger partial charge in [-0.2, -0.15) is 5.10 Å². The summed E-state index contributed by atoms with van der Waals surface area (Å²) in [6.07, 6.45) is 1.51. The Morgan fingerprint density at radius 3 is 2.77 bits per heavy atom. The van der Waals surface area contributed by atoms with Gasteiger partial charge in [0.2, 0.25) is 5.91 Å². The number of rotatable bonds is 5. The number of amides is 4. The molecule has 1 aromatic rings. The largest absolute Gasteiger partial charge is 0.335 e. The minimum atomic E-state index is -0.723. The number of hydrogen-bond donors (Lipinski definition) is 4. The van der Waals surface area contributed by atoms with Crippen molar-refractivity contribution in [1.82, 2.24) is 21.6 Å². The zero-order valence-electron chi connectivity index (χ0n) is 11.1. The normalized spacial score (nSPS) is 18.0. The summed E-state index contributed by atoms with van der Waals surface area (Å²) in [6, 6.07) is 6.79. The number of urea groups is 1. The molecule has 0 aliphatic carbocycles. The molecule has 1 atom stereocenters. The smallest absolute Gasteiger partial charge is 0.275 e. The molecule has 10 heteroatoms. The average molecular weight is 386 g/mol. The Kier molecular flexibility index (Phi) is 5.92. The summed E-state index contributed by atoms with van der Waals surface area (Å²) in [5, 5.41) is 5.18. The molecule has 1 heterocycles. The van der Waals surface area contributed by atoms with Crippen LogP contribution in [0.2, 0.25) is 0 Å². The van der Waals surface area contributed by atoms with Gasteiger partial charge in [0.05, 0.1) is 12.0 Å². The fraction of sp³-hybridized carbons (Fsp3) is 0.167. The van der Waals surface area contributed by atoms with Crippen LogP contribution < -0.4 is 21.6 Å². The summed E-state index contributed by atoms with van der Waals surface area (Å²) in [4.78, 5) is 33.9. The van der Waals surface area contributed by atoms with Gasteiger partial charge in [-0.25, -0.2) is 15.6 Å². The molecule has 4 N–H and O–H groups in total. The number of hydrogen-bond acceptors (Lipinski definition) is 6. The third-order valence-corrected chi connectivity index (χ3v) is 4.07. The van der Waals surface area contributed by atoms with Crippen LogP contribution in [0.4, 0.5) is 4.79 Å². The predicted octanol–water partition coefficient (Wildman–Crippen LogP) is 0.303. The van der Waals surface area contributed by atoms with Crippen molar-refractivity contribution < 1.29 is 14.4 Å². The minimum Gasteiger partial charge on any atom is -0.275 e. The van der Waals surface area contributed by atoms with Crippen LogP contribution in [-0.2, 0) is 9.59 Å². The Morgan fingerprint density at radius 1 is 1.36 bits per heavy atom. The van der Waals surface area contributed by atoms with Crippen LogP contribution in [0, 0.1) is 0 Å². The van der Waals surface area contributed by atoms with Crippen molar-refractivity contribution in [2.45, 2.75) is 5.37 Å². The number of imide groups is 1. The third kappa shape index (κ3) is 5.13. The highest BCUT2D eigenvalue weighted by Crippen LogP contribution is 2.10. The molecule has 8 nitrogen and oxygen atoms in total. The molecular weight excluding hydrogens is 374 g/mol. The van der Waals surface area contributed by atoms with E-state index in [4.69, 9.17) is 0 Å². The minimum absolute atomic E-state index is 0.0125. The van der Waals surface area contributed by atoms with E-state index in [-0.39, 0.29) is 11.7 Å². The highest BCUT2D eigenvalue weighted by molar-refractivity contribution is 9.10. The molecule has 1 saturated heterocycles. The number of thioether (sulfide) groups is 1. The molecule has 22 heavy (non-hydrogen) atoms. The van der Waals surface area contributed by atoms with Crippen LogP contribution in [0.5, 0.6) is 0 Å². The van der Waals surface area contributed by atoms with Gasteiger partial charge in [0.15, 0.2) is 5.37 Å². The summed E-state index contributed by atoms with van der Waals surface area (Å²) in [5.41, 5.74) is 7.94. The Bertz CT molecular complexity index is 607. The van der Waals surface area contributed by atoms with E-state index in [0.29, 0.717) is 0 Å². The predicted molar refractivity (Wildman–Crippen MR) is 85.9 cm³/mol. The highest BCUT2D eigenvalue weighted by Gasteiger charge is 2.26. The first kappa shape index (κ1) is 16.5. The second kappa shape index (κ2) is 7.92. The lowest BCUT2D eigenvalue weighted by Crippen LogP contribution is -2.61. The number of carbonyl (C=O) groups excluding carboxylic acids is 3. The maximum Gasteiger partial charge on any atom is 0.335 e. The Balaban J connectivity index is 1.73. The molecule has 1 aliphatic rings. The van der Waals surface area contributed by atoms with Gasteiger partial charge in [-0.05, 0) is 17.7 Å². The fourth-order valence-corrected chi connectivity index (χ4v) is 2.44. The van der Waals surface area contributed by atoms with E-state index in [9.17, 15) is 14.4 Å². The Hall–Kier alpha value is -1.91.